The number of hydrogen-bond acceptors (Lipinski definition) is 7. The summed E-state index contributed by atoms with van der Waals surface area (Å²) in [7, 11) is -1.27. The molecule has 0 fully saturated rings. The first-order valence-electron chi connectivity index (χ1n) is 12.7. The van der Waals surface area contributed by atoms with E-state index in [2.05, 4.69) is 0 Å². The van der Waals surface area contributed by atoms with E-state index in [4.69, 9.17) is 29.0 Å². The van der Waals surface area contributed by atoms with Crippen molar-refractivity contribution in [3.63, 3.8) is 0 Å². The Kier molecular flexibility index (Phi) is 9.94. The van der Waals surface area contributed by atoms with Gasteiger partial charge in [0.25, 0.3) is 0 Å². The number of methoxy groups -OCH3 is 2. The van der Waals surface area contributed by atoms with Crippen molar-refractivity contribution < 1.29 is 37.7 Å². The topological polar surface area (TPSA) is 127 Å². The molecule has 0 saturated heterocycles. The second-order valence-corrected chi connectivity index (χ2v) is 10.4. The van der Waals surface area contributed by atoms with E-state index in [1.165, 1.54) is 0 Å². The van der Waals surface area contributed by atoms with Crippen molar-refractivity contribution in [3.8, 4) is 17.2 Å². The zero-order valence-electron chi connectivity index (χ0n) is 22.7. The van der Waals surface area contributed by atoms with Crippen molar-refractivity contribution in [1.82, 2.24) is 0 Å². The standard InChI is InChI=1S/C31H32NO8P/c1-36-27-14-12-26(13-15-27)31(24-6-4-3-5-7-24,25-10-8-23(20-33)9-11-25)39-22-30(40-41(32,34)35)21-38-29-18-16-28(37-2)17-19-29/h3-20,30H,21-22H2,1-2H3,(H3,32,34,35). The fourth-order valence-electron chi connectivity index (χ4n) is 4.45. The van der Waals surface area contributed by atoms with Gasteiger partial charge in [0.2, 0.25) is 0 Å². The molecule has 0 spiro atoms. The lowest BCUT2D eigenvalue weighted by Crippen LogP contribution is -2.38. The monoisotopic (exact) mass is 577 g/mol. The fourth-order valence-corrected chi connectivity index (χ4v) is 5.00. The average molecular weight is 578 g/mol. The lowest BCUT2D eigenvalue weighted by atomic mass is 9.79. The van der Waals surface area contributed by atoms with Crippen molar-refractivity contribution in [2.24, 2.45) is 5.50 Å². The number of rotatable bonds is 14. The van der Waals surface area contributed by atoms with Crippen LogP contribution in [0, 0.1) is 0 Å². The Balaban J connectivity index is 1.75. The second-order valence-electron chi connectivity index (χ2n) is 9.10. The summed E-state index contributed by atoms with van der Waals surface area (Å²) in [6.45, 7) is -0.320. The normalized spacial score (nSPS) is 14.7. The molecule has 41 heavy (non-hydrogen) atoms. The first kappa shape index (κ1) is 30.0. The van der Waals surface area contributed by atoms with Crippen molar-refractivity contribution in [1.29, 1.82) is 0 Å². The molecule has 0 aliphatic heterocycles. The van der Waals surface area contributed by atoms with Crippen LogP contribution in [0.5, 0.6) is 17.2 Å². The summed E-state index contributed by atoms with van der Waals surface area (Å²) >= 11 is 0. The molecule has 10 heteroatoms. The summed E-state index contributed by atoms with van der Waals surface area (Å²) in [5.41, 5.74) is 6.92. The van der Waals surface area contributed by atoms with Crippen LogP contribution in [0.1, 0.15) is 27.0 Å². The average Bonchev–Trinajstić information content (AvgIpc) is 3.00. The molecule has 3 unspecified atom stereocenters. The van der Waals surface area contributed by atoms with Gasteiger partial charge in [0.15, 0.2) is 0 Å². The third-order valence-corrected chi connectivity index (χ3v) is 7.01. The van der Waals surface area contributed by atoms with Crippen LogP contribution in [0.2, 0.25) is 0 Å². The molecule has 0 aliphatic carbocycles. The zero-order chi connectivity index (χ0) is 29.3. The van der Waals surface area contributed by atoms with E-state index in [1.807, 2.05) is 66.7 Å². The predicted molar refractivity (Wildman–Crippen MR) is 154 cm³/mol. The van der Waals surface area contributed by atoms with Crippen LogP contribution in [0.3, 0.4) is 0 Å². The molecule has 4 aromatic rings. The number of aldehydes is 1. The van der Waals surface area contributed by atoms with E-state index >= 15 is 0 Å². The van der Waals surface area contributed by atoms with Gasteiger partial charge >= 0.3 is 7.75 Å². The van der Waals surface area contributed by atoms with E-state index in [-0.39, 0.29) is 13.2 Å². The highest BCUT2D eigenvalue weighted by atomic mass is 31.2. The third kappa shape index (κ3) is 7.61. The number of carbonyl (C=O) groups excluding carboxylic acids is 1. The molecule has 0 aliphatic rings. The minimum absolute atomic E-state index is 0.133. The second kappa shape index (κ2) is 13.6. The Morgan fingerprint density at radius 1 is 0.756 bits per heavy atom. The molecule has 0 aromatic heterocycles. The van der Waals surface area contributed by atoms with Crippen LogP contribution in [-0.2, 0) is 19.4 Å². The van der Waals surface area contributed by atoms with Crippen LogP contribution in [0.4, 0.5) is 0 Å². The lowest BCUT2D eigenvalue weighted by molar-refractivity contribution is -0.0435. The largest absolute Gasteiger partial charge is 0.497 e. The first-order valence-corrected chi connectivity index (χ1v) is 14.4. The quantitative estimate of drug-likeness (QED) is 0.116. The van der Waals surface area contributed by atoms with Gasteiger partial charge in [0.1, 0.15) is 41.8 Å². The van der Waals surface area contributed by atoms with E-state index < -0.39 is 19.5 Å². The third-order valence-electron chi connectivity index (χ3n) is 6.41. The van der Waals surface area contributed by atoms with E-state index in [9.17, 15) is 14.3 Å². The molecule has 0 bridgehead atoms. The molecular weight excluding hydrogens is 545 g/mol. The summed E-state index contributed by atoms with van der Waals surface area (Å²) in [5, 5.41) is 0. The molecule has 0 saturated carbocycles. The van der Waals surface area contributed by atoms with E-state index in [0.717, 1.165) is 17.4 Å². The van der Waals surface area contributed by atoms with Gasteiger partial charge in [0, 0.05) is 5.56 Å². The maximum Gasteiger partial charge on any atom is 0.400 e. The Labute approximate surface area is 239 Å². The molecule has 0 heterocycles. The van der Waals surface area contributed by atoms with Gasteiger partial charge in [-0.2, -0.15) is 0 Å². The molecule has 4 rings (SSSR count). The van der Waals surface area contributed by atoms with Crippen LogP contribution in [0.15, 0.2) is 103 Å². The van der Waals surface area contributed by atoms with Gasteiger partial charge in [-0.25, -0.2) is 10.1 Å². The Morgan fingerprint density at radius 3 is 1.76 bits per heavy atom. The molecule has 3 atom stereocenters. The zero-order valence-corrected chi connectivity index (χ0v) is 23.6. The first-order chi connectivity index (χ1) is 19.8. The lowest BCUT2D eigenvalue weighted by Gasteiger charge is -2.37. The van der Waals surface area contributed by atoms with Gasteiger partial charge in [-0.3, -0.25) is 9.32 Å². The summed E-state index contributed by atoms with van der Waals surface area (Å²) < 4.78 is 40.6. The summed E-state index contributed by atoms with van der Waals surface area (Å²) in [6.07, 6.45) is -0.267. The summed E-state index contributed by atoms with van der Waals surface area (Å²) in [6, 6.07) is 30.8. The Bertz CT molecular complexity index is 1440. The van der Waals surface area contributed by atoms with Gasteiger partial charge in [0.05, 0.1) is 20.8 Å². The fraction of sp³-hybridized carbons (Fsp3) is 0.194. The molecule has 0 radical (unpaired) electrons. The van der Waals surface area contributed by atoms with Gasteiger partial charge in [-0.05, 0) is 53.1 Å². The molecule has 4 aromatic carbocycles. The smallest absolute Gasteiger partial charge is 0.400 e. The van der Waals surface area contributed by atoms with Crippen molar-refractivity contribution in [2.45, 2.75) is 11.7 Å². The molecule has 0 amide bonds. The highest BCUT2D eigenvalue weighted by molar-refractivity contribution is 7.50. The SMILES string of the molecule is COc1ccc(OCC(COC(c2ccccc2)(c2ccc(C=O)cc2)c2ccc(OC)cc2)OP(N)(=O)O)cc1. The maximum absolute atomic E-state index is 12.1. The van der Waals surface area contributed by atoms with E-state index in [0.29, 0.717) is 28.4 Å². The maximum atomic E-state index is 12.1. The minimum atomic E-state index is -4.41. The van der Waals surface area contributed by atoms with Crippen LogP contribution < -0.4 is 19.7 Å². The molecule has 9 nitrogen and oxygen atoms in total. The number of benzene rings is 4. The summed E-state index contributed by atoms with van der Waals surface area (Å²) in [4.78, 5) is 21.3. The van der Waals surface area contributed by atoms with Gasteiger partial charge in [-0.15, -0.1) is 0 Å². The van der Waals surface area contributed by atoms with Gasteiger partial charge in [-0.1, -0.05) is 66.7 Å². The Morgan fingerprint density at radius 2 is 1.24 bits per heavy atom. The highest BCUT2D eigenvalue weighted by Gasteiger charge is 2.39. The minimum Gasteiger partial charge on any atom is -0.497 e. The van der Waals surface area contributed by atoms with E-state index in [1.54, 1.807) is 50.6 Å². The van der Waals surface area contributed by atoms with Crippen LogP contribution in [0.25, 0.3) is 0 Å². The Hall–Kier alpha value is -3.98. The molecule has 214 valence electrons. The number of ether oxygens (including phenoxy) is 4. The van der Waals surface area contributed by atoms with Crippen LogP contribution >= 0.6 is 7.75 Å². The number of nitrogens with two attached hydrogens (primary N) is 1. The molecular formula is C31H32NO8P. The predicted octanol–water partition coefficient (Wildman–Crippen LogP) is 5.35. The number of carbonyl (C=O) groups is 1. The van der Waals surface area contributed by atoms with Crippen molar-refractivity contribution >= 4 is 14.0 Å². The van der Waals surface area contributed by atoms with Gasteiger partial charge < -0.3 is 23.8 Å². The van der Waals surface area contributed by atoms with Crippen molar-refractivity contribution in [2.75, 3.05) is 27.4 Å². The summed E-state index contributed by atoms with van der Waals surface area (Å²) in [5.74, 6) is 1.81. The van der Waals surface area contributed by atoms with Crippen LogP contribution in [-0.4, -0.2) is 44.7 Å². The van der Waals surface area contributed by atoms with Crippen molar-refractivity contribution in [3.05, 3.63) is 125 Å². The highest BCUT2D eigenvalue weighted by Crippen LogP contribution is 2.42. The number of hydrogen-bond donors (Lipinski definition) is 2. The molecule has 3 N–H and O–H groups in total.